The van der Waals surface area contributed by atoms with Crippen LogP contribution in [0.2, 0.25) is 0 Å². The highest BCUT2D eigenvalue weighted by molar-refractivity contribution is 5.94. The number of ether oxygens (including phenoxy) is 1. The lowest BCUT2D eigenvalue weighted by Gasteiger charge is -2.32. The average Bonchev–Trinajstić information content (AvgIpc) is 2.96. The predicted molar refractivity (Wildman–Crippen MR) is 101 cm³/mol. The minimum Gasteiger partial charge on any atom is -0.365 e. The maximum Gasteiger partial charge on any atom is 0.255 e. The zero-order valence-electron chi connectivity index (χ0n) is 15.4. The number of amides is 2. The summed E-state index contributed by atoms with van der Waals surface area (Å²) >= 11 is 0. The van der Waals surface area contributed by atoms with Crippen LogP contribution >= 0.6 is 0 Å². The van der Waals surface area contributed by atoms with Crippen LogP contribution < -0.4 is 5.32 Å². The van der Waals surface area contributed by atoms with Crippen LogP contribution in [0.25, 0.3) is 0 Å². The number of nitrogens with one attached hydrogen (secondary N) is 1. The molecule has 0 saturated carbocycles. The molecule has 6 heteroatoms. The van der Waals surface area contributed by atoms with Gasteiger partial charge in [-0.1, -0.05) is 31.0 Å². The van der Waals surface area contributed by atoms with Gasteiger partial charge in [0.1, 0.15) is 0 Å². The zero-order valence-corrected chi connectivity index (χ0v) is 15.4. The number of hydrogen-bond acceptors (Lipinski definition) is 4. The van der Waals surface area contributed by atoms with E-state index in [9.17, 15) is 9.59 Å². The third-order valence-corrected chi connectivity index (χ3v) is 5.09. The number of carbonyl (C=O) groups excluding carboxylic acids is 2. The number of rotatable bonds is 5. The Morgan fingerprint density at radius 3 is 2.50 bits per heavy atom. The molecule has 2 aliphatic rings. The summed E-state index contributed by atoms with van der Waals surface area (Å²) in [6, 6.07) is 9.32. The second-order valence-electron chi connectivity index (χ2n) is 7.06. The van der Waals surface area contributed by atoms with Crippen molar-refractivity contribution in [3.05, 3.63) is 30.3 Å². The van der Waals surface area contributed by atoms with Crippen molar-refractivity contribution in [2.45, 2.75) is 38.2 Å². The lowest BCUT2D eigenvalue weighted by atomic mass is 10.2. The van der Waals surface area contributed by atoms with Crippen LogP contribution in [0.5, 0.6) is 0 Å². The molecule has 142 valence electrons. The van der Waals surface area contributed by atoms with E-state index >= 15 is 0 Å². The number of para-hydroxylation sites is 1. The van der Waals surface area contributed by atoms with Crippen LogP contribution in [0.15, 0.2) is 30.3 Å². The molecular weight excluding hydrogens is 330 g/mol. The van der Waals surface area contributed by atoms with E-state index < -0.39 is 6.10 Å². The van der Waals surface area contributed by atoms with E-state index in [0.29, 0.717) is 26.1 Å². The molecule has 1 atom stereocenters. The molecule has 1 aromatic rings. The normalized spacial score (nSPS) is 21.8. The number of anilines is 1. The summed E-state index contributed by atoms with van der Waals surface area (Å²) < 4.78 is 5.59. The SMILES string of the molecule is O=C(Nc1ccccc1)[C@H]1CN(C(=O)CCN2CCCCCC2)CCO1. The van der Waals surface area contributed by atoms with Crippen molar-refractivity contribution in [2.75, 3.05) is 44.6 Å². The number of morpholine rings is 1. The summed E-state index contributed by atoms with van der Waals surface area (Å²) in [6.07, 6.45) is 4.97. The molecule has 26 heavy (non-hydrogen) atoms. The first kappa shape index (κ1) is 18.9. The van der Waals surface area contributed by atoms with Gasteiger partial charge in [-0.2, -0.15) is 0 Å². The number of carbonyl (C=O) groups is 2. The molecule has 0 unspecified atom stereocenters. The maximum atomic E-state index is 12.6. The molecule has 0 radical (unpaired) electrons. The van der Waals surface area contributed by atoms with Gasteiger partial charge in [0.2, 0.25) is 5.91 Å². The first-order valence-electron chi connectivity index (χ1n) is 9.70. The van der Waals surface area contributed by atoms with Crippen molar-refractivity contribution in [1.82, 2.24) is 9.80 Å². The first-order valence-corrected chi connectivity index (χ1v) is 9.70. The number of likely N-dealkylation sites (tertiary alicyclic amines) is 1. The highest BCUT2D eigenvalue weighted by atomic mass is 16.5. The smallest absolute Gasteiger partial charge is 0.255 e. The molecule has 0 bridgehead atoms. The van der Waals surface area contributed by atoms with Gasteiger partial charge in [0.05, 0.1) is 13.2 Å². The molecule has 2 heterocycles. The van der Waals surface area contributed by atoms with Crippen LogP contribution in [0.4, 0.5) is 5.69 Å². The van der Waals surface area contributed by atoms with Gasteiger partial charge in [0.15, 0.2) is 6.10 Å². The Balaban J connectivity index is 1.46. The van der Waals surface area contributed by atoms with E-state index in [4.69, 9.17) is 4.74 Å². The molecule has 2 saturated heterocycles. The van der Waals surface area contributed by atoms with Gasteiger partial charge in [0.25, 0.3) is 5.91 Å². The Hall–Kier alpha value is -1.92. The Morgan fingerprint density at radius 2 is 1.77 bits per heavy atom. The van der Waals surface area contributed by atoms with Crippen LogP contribution in [-0.4, -0.2) is 67.0 Å². The van der Waals surface area contributed by atoms with Gasteiger partial charge in [-0.15, -0.1) is 0 Å². The van der Waals surface area contributed by atoms with Crippen molar-refractivity contribution in [3.63, 3.8) is 0 Å². The van der Waals surface area contributed by atoms with Crippen LogP contribution in [0, 0.1) is 0 Å². The highest BCUT2D eigenvalue weighted by Gasteiger charge is 2.29. The molecule has 6 nitrogen and oxygen atoms in total. The summed E-state index contributed by atoms with van der Waals surface area (Å²) in [5, 5.41) is 2.85. The summed E-state index contributed by atoms with van der Waals surface area (Å²) in [5.41, 5.74) is 0.741. The molecular formula is C20H29N3O3. The second-order valence-corrected chi connectivity index (χ2v) is 7.06. The Kier molecular flexibility index (Phi) is 7.03. The van der Waals surface area contributed by atoms with Crippen molar-refractivity contribution < 1.29 is 14.3 Å². The van der Waals surface area contributed by atoms with Crippen molar-refractivity contribution in [1.29, 1.82) is 0 Å². The zero-order chi connectivity index (χ0) is 18.2. The van der Waals surface area contributed by atoms with E-state index in [1.165, 1.54) is 25.7 Å². The van der Waals surface area contributed by atoms with Gasteiger partial charge in [-0.3, -0.25) is 9.59 Å². The van der Waals surface area contributed by atoms with E-state index in [1.54, 1.807) is 4.90 Å². The second kappa shape index (κ2) is 9.69. The van der Waals surface area contributed by atoms with Crippen LogP contribution in [0.1, 0.15) is 32.1 Å². The van der Waals surface area contributed by atoms with Gasteiger partial charge in [0, 0.05) is 25.2 Å². The van der Waals surface area contributed by atoms with E-state index in [0.717, 1.165) is 25.3 Å². The lowest BCUT2D eigenvalue weighted by molar-refractivity contribution is -0.144. The molecule has 1 N–H and O–H groups in total. The molecule has 2 fully saturated rings. The highest BCUT2D eigenvalue weighted by Crippen LogP contribution is 2.13. The molecule has 1 aromatic carbocycles. The molecule has 2 amide bonds. The Morgan fingerprint density at radius 1 is 1.04 bits per heavy atom. The topological polar surface area (TPSA) is 61.9 Å². The monoisotopic (exact) mass is 359 g/mol. The lowest BCUT2D eigenvalue weighted by Crippen LogP contribution is -2.50. The minimum atomic E-state index is -0.605. The third-order valence-electron chi connectivity index (χ3n) is 5.09. The fourth-order valence-corrected chi connectivity index (χ4v) is 3.55. The van der Waals surface area contributed by atoms with E-state index in [1.807, 2.05) is 30.3 Å². The third kappa shape index (κ3) is 5.54. The van der Waals surface area contributed by atoms with Crippen molar-refractivity contribution in [2.24, 2.45) is 0 Å². The van der Waals surface area contributed by atoms with Crippen molar-refractivity contribution in [3.8, 4) is 0 Å². The summed E-state index contributed by atoms with van der Waals surface area (Å²) in [7, 11) is 0. The molecule has 0 spiro atoms. The summed E-state index contributed by atoms with van der Waals surface area (Å²) in [6.45, 7) is 4.31. The van der Waals surface area contributed by atoms with E-state index in [-0.39, 0.29) is 11.8 Å². The Bertz CT molecular complexity index is 585. The van der Waals surface area contributed by atoms with Gasteiger partial charge < -0.3 is 19.9 Å². The molecule has 0 aromatic heterocycles. The fourth-order valence-electron chi connectivity index (χ4n) is 3.55. The van der Waals surface area contributed by atoms with E-state index in [2.05, 4.69) is 10.2 Å². The quantitative estimate of drug-likeness (QED) is 0.875. The first-order chi connectivity index (χ1) is 12.7. The summed E-state index contributed by atoms with van der Waals surface area (Å²) in [4.78, 5) is 29.1. The summed E-state index contributed by atoms with van der Waals surface area (Å²) in [5.74, 6) is -0.0729. The van der Waals surface area contributed by atoms with Gasteiger partial charge >= 0.3 is 0 Å². The number of benzene rings is 1. The average molecular weight is 359 g/mol. The van der Waals surface area contributed by atoms with Gasteiger partial charge in [-0.05, 0) is 38.1 Å². The largest absolute Gasteiger partial charge is 0.365 e. The molecule has 2 aliphatic heterocycles. The van der Waals surface area contributed by atoms with Crippen LogP contribution in [0.3, 0.4) is 0 Å². The minimum absolute atomic E-state index is 0.120. The standard InChI is InChI=1S/C20H29N3O3/c24-19(10-13-22-11-6-1-2-7-12-22)23-14-15-26-18(16-23)20(25)21-17-8-4-3-5-9-17/h3-5,8-9,18H,1-2,6-7,10-16H2,(H,21,25)/t18-/m1/s1. The van der Waals surface area contributed by atoms with Gasteiger partial charge in [-0.25, -0.2) is 0 Å². The van der Waals surface area contributed by atoms with Crippen LogP contribution in [-0.2, 0) is 14.3 Å². The molecule has 0 aliphatic carbocycles. The predicted octanol–water partition coefficient (Wildman–Crippen LogP) is 2.12. The molecule has 3 rings (SSSR count). The fraction of sp³-hybridized carbons (Fsp3) is 0.600. The number of nitrogens with zero attached hydrogens (tertiary/aromatic N) is 2. The maximum absolute atomic E-state index is 12.6. The number of hydrogen-bond donors (Lipinski definition) is 1. The van der Waals surface area contributed by atoms with Crippen molar-refractivity contribution >= 4 is 17.5 Å². The Labute approximate surface area is 155 Å².